The van der Waals surface area contributed by atoms with Crippen molar-refractivity contribution >= 4 is 27.1 Å². The van der Waals surface area contributed by atoms with Gasteiger partial charge in [0.15, 0.2) is 0 Å². The lowest BCUT2D eigenvalue weighted by Crippen LogP contribution is -2.04. The van der Waals surface area contributed by atoms with Crippen molar-refractivity contribution in [3.05, 3.63) is 64.7 Å². The summed E-state index contributed by atoms with van der Waals surface area (Å²) in [6.45, 7) is 2.80. The van der Waals surface area contributed by atoms with Crippen LogP contribution in [0.2, 0.25) is 0 Å². The predicted molar refractivity (Wildman–Crippen MR) is 81.4 cm³/mol. The van der Waals surface area contributed by atoms with Crippen molar-refractivity contribution < 1.29 is 0 Å². The fourth-order valence-electron chi connectivity index (χ4n) is 2.13. The molecule has 0 aliphatic carbocycles. The molecule has 0 aliphatic rings. The number of hydrogen-bond donors (Lipinski definition) is 1. The molecule has 1 N–H and O–H groups in total. The van der Waals surface area contributed by atoms with Crippen molar-refractivity contribution in [2.24, 2.45) is 0 Å². The van der Waals surface area contributed by atoms with Crippen LogP contribution in [0.3, 0.4) is 0 Å². The van der Waals surface area contributed by atoms with Crippen LogP contribution in [-0.4, -0.2) is 9.38 Å². The maximum atomic E-state index is 4.55. The maximum absolute atomic E-state index is 4.55. The Balaban J connectivity index is 1.88. The molecule has 96 valence electrons. The summed E-state index contributed by atoms with van der Waals surface area (Å²) in [4.78, 5) is 4.55. The van der Waals surface area contributed by atoms with Gasteiger partial charge in [-0.2, -0.15) is 0 Å². The molecule has 19 heavy (non-hydrogen) atoms. The molecule has 0 fully saturated rings. The van der Waals surface area contributed by atoms with Crippen molar-refractivity contribution in [2.75, 3.05) is 5.32 Å². The molecule has 0 aliphatic heterocycles. The van der Waals surface area contributed by atoms with Crippen LogP contribution in [0.5, 0.6) is 0 Å². The molecule has 3 nitrogen and oxygen atoms in total. The number of para-hydroxylation sites is 1. The third-order valence-electron chi connectivity index (χ3n) is 3.16. The SMILES string of the molecule is Cc1ccccc1NCc1nc(Br)c2ccccn12. The van der Waals surface area contributed by atoms with Crippen molar-refractivity contribution in [1.29, 1.82) is 0 Å². The van der Waals surface area contributed by atoms with Crippen LogP contribution >= 0.6 is 15.9 Å². The highest BCUT2D eigenvalue weighted by molar-refractivity contribution is 9.10. The van der Waals surface area contributed by atoms with Gasteiger partial charge in [0, 0.05) is 11.9 Å². The van der Waals surface area contributed by atoms with Gasteiger partial charge < -0.3 is 9.72 Å². The highest BCUT2D eigenvalue weighted by atomic mass is 79.9. The first-order valence-corrected chi connectivity index (χ1v) is 6.96. The number of rotatable bonds is 3. The minimum atomic E-state index is 0.696. The van der Waals surface area contributed by atoms with Crippen LogP contribution in [-0.2, 0) is 6.54 Å². The molecule has 3 aromatic rings. The summed E-state index contributed by atoms with van der Waals surface area (Å²) in [7, 11) is 0. The fourth-order valence-corrected chi connectivity index (χ4v) is 2.66. The molecule has 2 aromatic heterocycles. The van der Waals surface area contributed by atoms with E-state index >= 15 is 0 Å². The highest BCUT2D eigenvalue weighted by Gasteiger charge is 2.08. The summed E-state index contributed by atoms with van der Waals surface area (Å²) in [5.41, 5.74) is 3.47. The van der Waals surface area contributed by atoms with E-state index in [1.54, 1.807) is 0 Å². The average molecular weight is 316 g/mol. The van der Waals surface area contributed by atoms with Crippen molar-refractivity contribution in [2.45, 2.75) is 13.5 Å². The van der Waals surface area contributed by atoms with E-state index in [1.165, 1.54) is 5.56 Å². The molecular formula is C15H14BrN3. The van der Waals surface area contributed by atoms with Crippen molar-refractivity contribution in [3.8, 4) is 0 Å². The predicted octanol–water partition coefficient (Wildman–Crippen LogP) is 4.02. The first-order chi connectivity index (χ1) is 9.25. The molecule has 0 saturated carbocycles. The van der Waals surface area contributed by atoms with Crippen LogP contribution in [0.4, 0.5) is 5.69 Å². The standard InChI is InChI=1S/C15H14BrN3/c1-11-6-2-3-7-12(11)17-10-14-18-15(16)13-8-4-5-9-19(13)14/h2-9,17H,10H2,1H3. The molecule has 0 saturated heterocycles. The lowest BCUT2D eigenvalue weighted by molar-refractivity contribution is 0.939. The molecule has 4 heteroatoms. The molecule has 2 heterocycles. The van der Waals surface area contributed by atoms with Crippen molar-refractivity contribution in [1.82, 2.24) is 9.38 Å². The number of fused-ring (bicyclic) bond motifs is 1. The number of benzene rings is 1. The summed E-state index contributed by atoms with van der Waals surface area (Å²) < 4.78 is 2.98. The topological polar surface area (TPSA) is 29.3 Å². The molecule has 0 radical (unpaired) electrons. The van der Waals surface area contributed by atoms with Gasteiger partial charge >= 0.3 is 0 Å². The molecule has 0 amide bonds. The first kappa shape index (κ1) is 12.2. The number of aryl methyl sites for hydroxylation is 1. The van der Waals surface area contributed by atoms with E-state index in [1.807, 2.05) is 36.5 Å². The van der Waals surface area contributed by atoms with Crippen molar-refractivity contribution in [3.63, 3.8) is 0 Å². The lowest BCUT2D eigenvalue weighted by Gasteiger charge is -2.08. The van der Waals surface area contributed by atoms with E-state index in [0.29, 0.717) is 6.54 Å². The summed E-state index contributed by atoms with van der Waals surface area (Å²) in [6, 6.07) is 14.3. The Morgan fingerprint density at radius 1 is 1.16 bits per heavy atom. The van der Waals surface area contributed by atoms with Gasteiger partial charge in [0.1, 0.15) is 10.4 Å². The quantitative estimate of drug-likeness (QED) is 0.791. The molecule has 3 rings (SSSR count). The minimum absolute atomic E-state index is 0.696. The number of hydrogen-bond acceptors (Lipinski definition) is 2. The third-order valence-corrected chi connectivity index (χ3v) is 3.74. The molecule has 0 unspecified atom stereocenters. The second kappa shape index (κ2) is 5.05. The summed E-state index contributed by atoms with van der Waals surface area (Å²) in [6.07, 6.45) is 2.03. The molecule has 0 bridgehead atoms. The van der Waals surface area contributed by atoms with Gasteiger partial charge in [0.2, 0.25) is 0 Å². The van der Waals surface area contributed by atoms with E-state index in [4.69, 9.17) is 0 Å². The van der Waals surface area contributed by atoms with E-state index in [0.717, 1.165) is 21.6 Å². The van der Waals surface area contributed by atoms with Gasteiger partial charge in [0.25, 0.3) is 0 Å². The Kier molecular flexibility index (Phi) is 3.25. The molecule has 0 spiro atoms. The Morgan fingerprint density at radius 2 is 1.95 bits per heavy atom. The summed E-state index contributed by atoms with van der Waals surface area (Å²) in [5.74, 6) is 0.991. The lowest BCUT2D eigenvalue weighted by atomic mass is 10.2. The van der Waals surface area contributed by atoms with Crippen LogP contribution in [0.1, 0.15) is 11.4 Å². The number of anilines is 1. The number of nitrogens with zero attached hydrogens (tertiary/aromatic N) is 2. The van der Waals surface area contributed by atoms with Gasteiger partial charge in [-0.3, -0.25) is 0 Å². The number of halogens is 1. The van der Waals surface area contributed by atoms with Gasteiger partial charge in [-0.15, -0.1) is 0 Å². The zero-order valence-electron chi connectivity index (χ0n) is 10.6. The largest absolute Gasteiger partial charge is 0.378 e. The normalized spacial score (nSPS) is 10.8. The number of pyridine rings is 1. The van der Waals surface area contributed by atoms with Crippen LogP contribution in [0, 0.1) is 6.92 Å². The van der Waals surface area contributed by atoms with Gasteiger partial charge in [-0.25, -0.2) is 4.98 Å². The zero-order valence-corrected chi connectivity index (χ0v) is 12.2. The van der Waals surface area contributed by atoms with E-state index in [9.17, 15) is 0 Å². The van der Waals surface area contributed by atoms with Gasteiger partial charge in [-0.1, -0.05) is 24.3 Å². The van der Waals surface area contributed by atoms with Crippen LogP contribution < -0.4 is 5.32 Å². The maximum Gasteiger partial charge on any atom is 0.134 e. The average Bonchev–Trinajstić information content (AvgIpc) is 2.75. The van der Waals surface area contributed by atoms with E-state index < -0.39 is 0 Å². The number of imidazole rings is 1. The van der Waals surface area contributed by atoms with Gasteiger partial charge in [0.05, 0.1) is 12.1 Å². The zero-order chi connectivity index (χ0) is 13.2. The Morgan fingerprint density at radius 3 is 2.79 bits per heavy atom. The van der Waals surface area contributed by atoms with E-state index in [-0.39, 0.29) is 0 Å². The van der Waals surface area contributed by atoms with Crippen LogP contribution in [0.15, 0.2) is 53.3 Å². The Hall–Kier alpha value is -1.81. The summed E-state index contributed by atoms with van der Waals surface area (Å²) >= 11 is 3.50. The third kappa shape index (κ3) is 2.36. The first-order valence-electron chi connectivity index (χ1n) is 6.16. The molecule has 0 atom stereocenters. The molecule has 1 aromatic carbocycles. The van der Waals surface area contributed by atoms with E-state index in [2.05, 4.69) is 49.7 Å². The second-order valence-electron chi connectivity index (χ2n) is 4.44. The Labute approximate surface area is 120 Å². The fraction of sp³-hybridized carbons (Fsp3) is 0.133. The minimum Gasteiger partial charge on any atom is -0.378 e. The second-order valence-corrected chi connectivity index (χ2v) is 5.19. The molecular weight excluding hydrogens is 302 g/mol. The van der Waals surface area contributed by atoms with Crippen LogP contribution in [0.25, 0.3) is 5.52 Å². The monoisotopic (exact) mass is 315 g/mol. The van der Waals surface area contributed by atoms with Gasteiger partial charge in [-0.05, 0) is 46.6 Å². The summed E-state index contributed by atoms with van der Waals surface area (Å²) in [5, 5.41) is 3.43. The highest BCUT2D eigenvalue weighted by Crippen LogP contribution is 2.20. The smallest absolute Gasteiger partial charge is 0.134 e. The number of nitrogens with one attached hydrogen (secondary N) is 1. The number of aromatic nitrogens is 2. The Bertz CT molecular complexity index is 718.